The Bertz CT molecular complexity index is 1340. The smallest absolute Gasteiger partial charge is 0.419 e. The number of nitrogens with zero attached hydrogens (tertiary/aromatic N) is 1. The second-order valence-corrected chi connectivity index (χ2v) is 8.51. The molecule has 0 fully saturated rings. The molecule has 4 aromatic rings. The molecule has 4 heteroatoms. The quantitative estimate of drug-likeness (QED) is 0.334. The molecule has 30 heavy (non-hydrogen) atoms. The molecule has 0 aliphatic heterocycles. The van der Waals surface area contributed by atoms with Gasteiger partial charge in [0.05, 0.1) is 11.2 Å². The fourth-order valence-corrected chi connectivity index (χ4v) is 4.15. The highest BCUT2D eigenvalue weighted by Crippen LogP contribution is 2.44. The maximum atomic E-state index is 13.2. The van der Waals surface area contributed by atoms with Crippen molar-refractivity contribution < 1.29 is 14.3 Å². The lowest BCUT2D eigenvalue weighted by Crippen LogP contribution is -2.27. The highest BCUT2D eigenvalue weighted by Gasteiger charge is 2.31. The number of para-hydroxylation sites is 1. The maximum absolute atomic E-state index is 13.2. The number of ketones is 1. The van der Waals surface area contributed by atoms with Gasteiger partial charge in [0.2, 0.25) is 0 Å². The van der Waals surface area contributed by atoms with Gasteiger partial charge in [-0.15, -0.1) is 0 Å². The lowest BCUT2D eigenvalue weighted by molar-refractivity contribution is 0.0547. The van der Waals surface area contributed by atoms with Gasteiger partial charge in [0.15, 0.2) is 5.78 Å². The van der Waals surface area contributed by atoms with Gasteiger partial charge in [0, 0.05) is 27.6 Å². The van der Waals surface area contributed by atoms with E-state index in [0.717, 1.165) is 27.6 Å². The van der Waals surface area contributed by atoms with Crippen LogP contribution in [0.25, 0.3) is 33.3 Å². The van der Waals surface area contributed by atoms with E-state index in [2.05, 4.69) is 0 Å². The topological polar surface area (TPSA) is 48.3 Å². The number of hydrogen-bond acceptors (Lipinski definition) is 3. The van der Waals surface area contributed by atoms with Crippen LogP contribution in [0.15, 0.2) is 72.8 Å². The van der Waals surface area contributed by atoms with Gasteiger partial charge in [-0.05, 0) is 38.5 Å². The van der Waals surface area contributed by atoms with Crippen LogP contribution in [0.2, 0.25) is 0 Å². The summed E-state index contributed by atoms with van der Waals surface area (Å²) in [7, 11) is 0. The van der Waals surface area contributed by atoms with Crippen LogP contribution in [-0.4, -0.2) is 22.0 Å². The zero-order valence-electron chi connectivity index (χ0n) is 17.1. The molecule has 0 N–H and O–H groups in total. The van der Waals surface area contributed by atoms with Gasteiger partial charge in [-0.2, -0.15) is 0 Å². The summed E-state index contributed by atoms with van der Waals surface area (Å²) in [5.41, 5.74) is 4.83. The van der Waals surface area contributed by atoms with Crippen molar-refractivity contribution in [1.29, 1.82) is 0 Å². The lowest BCUT2D eigenvalue weighted by atomic mass is 9.97. The summed E-state index contributed by atoms with van der Waals surface area (Å²) in [5.74, 6) is 0.0161. The van der Waals surface area contributed by atoms with Crippen molar-refractivity contribution in [2.45, 2.75) is 26.4 Å². The average Bonchev–Trinajstić information content (AvgIpc) is 3.23. The summed E-state index contributed by atoms with van der Waals surface area (Å²) in [4.78, 5) is 26.2. The first kappa shape index (κ1) is 18.4. The first-order chi connectivity index (χ1) is 14.3. The van der Waals surface area contributed by atoms with Crippen molar-refractivity contribution in [3.8, 4) is 22.4 Å². The Morgan fingerprint density at radius 2 is 1.43 bits per heavy atom. The highest BCUT2D eigenvalue weighted by atomic mass is 16.6. The van der Waals surface area contributed by atoms with Crippen LogP contribution in [0, 0.1) is 0 Å². The number of ether oxygens (including phenoxy) is 1. The molecular formula is C26H21NO3. The third-order valence-corrected chi connectivity index (χ3v) is 5.31. The number of benzene rings is 3. The predicted molar refractivity (Wildman–Crippen MR) is 118 cm³/mol. The Hall–Kier alpha value is -3.66. The minimum atomic E-state index is -0.624. The average molecular weight is 395 g/mol. The Morgan fingerprint density at radius 3 is 2.20 bits per heavy atom. The SMILES string of the molecule is CC(C)(C)OC(=O)n1c(-c2cccc3c2-c2ccccc2C3=O)cc2ccccc21. The second kappa shape index (κ2) is 6.42. The zero-order chi connectivity index (χ0) is 21.0. The van der Waals surface area contributed by atoms with E-state index in [9.17, 15) is 9.59 Å². The zero-order valence-corrected chi connectivity index (χ0v) is 17.1. The molecule has 0 unspecified atom stereocenters. The van der Waals surface area contributed by atoms with Gasteiger partial charge < -0.3 is 4.74 Å². The van der Waals surface area contributed by atoms with Gasteiger partial charge in [-0.1, -0.05) is 60.7 Å². The van der Waals surface area contributed by atoms with Crippen LogP contribution in [0.1, 0.15) is 36.7 Å². The third kappa shape index (κ3) is 2.76. The highest BCUT2D eigenvalue weighted by molar-refractivity contribution is 6.24. The molecule has 0 bridgehead atoms. The summed E-state index contributed by atoms with van der Waals surface area (Å²) in [6.45, 7) is 5.56. The molecule has 1 heterocycles. The molecule has 0 radical (unpaired) electrons. The summed E-state index contributed by atoms with van der Waals surface area (Å²) in [5, 5.41) is 0.938. The molecule has 0 atom stereocenters. The normalized spacial score (nSPS) is 12.7. The standard InChI is InChI=1S/C26H21NO3/c1-26(2,3)30-25(29)27-21-14-7-4-9-16(21)15-22(27)19-12-8-13-20-23(19)17-10-5-6-11-18(17)24(20)28/h4-15H,1-3H3. The molecule has 148 valence electrons. The van der Waals surface area contributed by atoms with Crippen LogP contribution in [0.5, 0.6) is 0 Å². The Kier molecular flexibility index (Phi) is 3.93. The van der Waals surface area contributed by atoms with E-state index in [0.29, 0.717) is 16.8 Å². The van der Waals surface area contributed by atoms with E-state index in [1.807, 2.05) is 93.6 Å². The Labute approximate surface area is 174 Å². The van der Waals surface area contributed by atoms with Crippen LogP contribution in [0.3, 0.4) is 0 Å². The largest absolute Gasteiger partial charge is 0.443 e. The summed E-state index contributed by atoms with van der Waals surface area (Å²) < 4.78 is 7.33. The molecule has 3 aromatic carbocycles. The van der Waals surface area contributed by atoms with Gasteiger partial charge in [-0.3, -0.25) is 4.79 Å². The molecule has 0 saturated carbocycles. The molecule has 1 aliphatic carbocycles. The maximum Gasteiger partial charge on any atom is 0.419 e. The molecule has 5 rings (SSSR count). The predicted octanol–water partition coefficient (Wildman–Crippen LogP) is 6.30. The van der Waals surface area contributed by atoms with E-state index < -0.39 is 11.7 Å². The number of fused-ring (bicyclic) bond motifs is 4. The van der Waals surface area contributed by atoms with E-state index in [4.69, 9.17) is 4.74 Å². The van der Waals surface area contributed by atoms with Crippen LogP contribution < -0.4 is 0 Å². The number of rotatable bonds is 1. The van der Waals surface area contributed by atoms with Gasteiger partial charge in [0.25, 0.3) is 0 Å². The number of carbonyl (C=O) groups is 2. The third-order valence-electron chi connectivity index (χ3n) is 5.31. The van der Waals surface area contributed by atoms with Crippen LogP contribution in [0.4, 0.5) is 4.79 Å². The molecule has 0 saturated heterocycles. The van der Waals surface area contributed by atoms with Gasteiger partial charge >= 0.3 is 6.09 Å². The molecule has 1 aromatic heterocycles. The van der Waals surface area contributed by atoms with Crippen molar-refractivity contribution in [3.63, 3.8) is 0 Å². The molecule has 4 nitrogen and oxygen atoms in total. The van der Waals surface area contributed by atoms with Crippen LogP contribution >= 0.6 is 0 Å². The van der Waals surface area contributed by atoms with Crippen molar-refractivity contribution in [2.75, 3.05) is 0 Å². The number of hydrogen-bond donors (Lipinski definition) is 0. The number of carbonyl (C=O) groups excluding carboxylic acids is 2. The second-order valence-electron chi connectivity index (χ2n) is 8.51. The molecule has 1 aliphatic rings. The van der Waals surface area contributed by atoms with Crippen molar-refractivity contribution in [1.82, 2.24) is 4.57 Å². The van der Waals surface area contributed by atoms with Gasteiger partial charge in [-0.25, -0.2) is 9.36 Å². The van der Waals surface area contributed by atoms with Crippen molar-refractivity contribution >= 4 is 22.8 Å². The van der Waals surface area contributed by atoms with E-state index in [-0.39, 0.29) is 5.78 Å². The van der Waals surface area contributed by atoms with E-state index >= 15 is 0 Å². The van der Waals surface area contributed by atoms with Gasteiger partial charge in [0.1, 0.15) is 5.60 Å². The van der Waals surface area contributed by atoms with Crippen molar-refractivity contribution in [2.24, 2.45) is 0 Å². The summed E-state index contributed by atoms with van der Waals surface area (Å²) in [6, 6.07) is 23.0. The minimum absolute atomic E-state index is 0.0161. The Morgan fingerprint density at radius 1 is 0.800 bits per heavy atom. The summed E-state index contributed by atoms with van der Waals surface area (Å²) in [6.07, 6.45) is -0.436. The monoisotopic (exact) mass is 395 g/mol. The molecule has 0 spiro atoms. The fraction of sp³-hybridized carbons (Fsp3) is 0.154. The number of aromatic nitrogens is 1. The summed E-state index contributed by atoms with van der Waals surface area (Å²) >= 11 is 0. The van der Waals surface area contributed by atoms with E-state index in [1.54, 1.807) is 4.57 Å². The molecular weight excluding hydrogens is 374 g/mol. The molecule has 0 amide bonds. The lowest BCUT2D eigenvalue weighted by Gasteiger charge is -2.21. The van der Waals surface area contributed by atoms with Crippen LogP contribution in [-0.2, 0) is 4.74 Å². The fourth-order valence-electron chi connectivity index (χ4n) is 4.15. The first-order valence-electron chi connectivity index (χ1n) is 9.96. The minimum Gasteiger partial charge on any atom is -0.443 e. The first-order valence-corrected chi connectivity index (χ1v) is 9.96. The van der Waals surface area contributed by atoms with E-state index in [1.165, 1.54) is 0 Å². The van der Waals surface area contributed by atoms with Crippen molar-refractivity contribution in [3.05, 3.63) is 83.9 Å². The Balaban J connectivity index is 1.81.